The Morgan fingerprint density at radius 1 is 1.43 bits per heavy atom. The molecule has 1 rings (SSSR count). The first-order valence-electron chi connectivity index (χ1n) is 4.56. The summed E-state index contributed by atoms with van der Waals surface area (Å²) in [7, 11) is 0. The van der Waals surface area contributed by atoms with E-state index in [1.54, 1.807) is 0 Å². The smallest absolute Gasteiger partial charge is 0.165 e. The third-order valence-corrected chi connectivity index (χ3v) is 2.71. The number of nitrogens with two attached hydrogens (primary N) is 1. The molecular weight excluding hydrogens is 242 g/mol. The van der Waals surface area contributed by atoms with Crippen molar-refractivity contribution < 1.29 is 4.79 Å². The molecule has 0 aliphatic rings. The zero-order valence-electron chi connectivity index (χ0n) is 8.43. The molecule has 0 bridgehead atoms. The highest BCUT2D eigenvalue weighted by Crippen LogP contribution is 2.23. The fraction of sp³-hybridized carbons (Fsp3) is 0.364. The fourth-order valence-electron chi connectivity index (χ4n) is 1.52. The van der Waals surface area contributed by atoms with E-state index in [0.29, 0.717) is 13.0 Å². The minimum absolute atomic E-state index is 0.108. The lowest BCUT2D eigenvalue weighted by Gasteiger charge is -2.08. The van der Waals surface area contributed by atoms with Crippen LogP contribution in [-0.2, 0) is 0 Å². The van der Waals surface area contributed by atoms with Crippen molar-refractivity contribution in [3.63, 3.8) is 0 Å². The van der Waals surface area contributed by atoms with E-state index < -0.39 is 0 Å². The highest BCUT2D eigenvalue weighted by atomic mass is 79.9. The van der Waals surface area contributed by atoms with E-state index >= 15 is 0 Å². The van der Waals surface area contributed by atoms with E-state index in [4.69, 9.17) is 5.73 Å². The molecule has 0 saturated heterocycles. The normalized spacial score (nSPS) is 10.3. The van der Waals surface area contributed by atoms with Crippen LogP contribution in [-0.4, -0.2) is 12.3 Å². The molecule has 0 spiro atoms. The molecule has 2 N–H and O–H groups in total. The Morgan fingerprint density at radius 3 is 2.57 bits per heavy atom. The summed E-state index contributed by atoms with van der Waals surface area (Å²) in [4.78, 5) is 11.7. The first kappa shape index (κ1) is 11.4. The van der Waals surface area contributed by atoms with Gasteiger partial charge in [0.2, 0.25) is 0 Å². The van der Waals surface area contributed by atoms with Crippen LogP contribution >= 0.6 is 15.9 Å². The number of benzene rings is 1. The van der Waals surface area contributed by atoms with Crippen molar-refractivity contribution in [2.45, 2.75) is 20.3 Å². The van der Waals surface area contributed by atoms with Gasteiger partial charge in [-0.25, -0.2) is 0 Å². The predicted octanol–water partition coefficient (Wildman–Crippen LogP) is 2.60. The molecule has 0 unspecified atom stereocenters. The number of rotatable bonds is 3. The van der Waals surface area contributed by atoms with Crippen molar-refractivity contribution >= 4 is 21.7 Å². The Kier molecular flexibility index (Phi) is 3.84. The number of aryl methyl sites for hydroxylation is 2. The fourth-order valence-corrected chi connectivity index (χ4v) is 2.42. The molecule has 1 aromatic rings. The standard InChI is InChI=1S/C11H14BrNO/c1-7-5-8(2)11(9(12)6-7)10(14)3-4-13/h5-6H,3-4,13H2,1-2H3. The van der Waals surface area contributed by atoms with Crippen molar-refractivity contribution in [1.29, 1.82) is 0 Å². The van der Waals surface area contributed by atoms with Crippen LogP contribution in [0.15, 0.2) is 16.6 Å². The van der Waals surface area contributed by atoms with Gasteiger partial charge in [0, 0.05) is 16.5 Å². The number of carbonyl (C=O) groups is 1. The Balaban J connectivity index is 3.14. The van der Waals surface area contributed by atoms with Gasteiger partial charge in [-0.1, -0.05) is 22.0 Å². The first-order chi connectivity index (χ1) is 6.56. The third-order valence-electron chi connectivity index (χ3n) is 2.08. The van der Waals surface area contributed by atoms with Crippen LogP contribution in [0.25, 0.3) is 0 Å². The maximum Gasteiger partial charge on any atom is 0.165 e. The molecule has 3 heteroatoms. The van der Waals surface area contributed by atoms with E-state index in [-0.39, 0.29) is 5.78 Å². The van der Waals surface area contributed by atoms with Crippen LogP contribution < -0.4 is 5.73 Å². The Labute approximate surface area is 92.6 Å². The van der Waals surface area contributed by atoms with E-state index in [0.717, 1.165) is 21.2 Å². The molecule has 0 atom stereocenters. The lowest BCUT2D eigenvalue weighted by atomic mass is 10.0. The summed E-state index contributed by atoms with van der Waals surface area (Å²) in [5, 5.41) is 0. The van der Waals surface area contributed by atoms with Gasteiger partial charge in [0.1, 0.15) is 0 Å². The summed E-state index contributed by atoms with van der Waals surface area (Å²) in [6.45, 7) is 4.36. The number of ketones is 1. The Hall–Kier alpha value is -0.670. The van der Waals surface area contributed by atoms with Gasteiger partial charge in [0.05, 0.1) is 0 Å². The van der Waals surface area contributed by atoms with Crippen molar-refractivity contribution in [1.82, 2.24) is 0 Å². The summed E-state index contributed by atoms with van der Waals surface area (Å²) in [5.74, 6) is 0.108. The second kappa shape index (κ2) is 4.71. The van der Waals surface area contributed by atoms with Gasteiger partial charge in [-0.15, -0.1) is 0 Å². The molecule has 0 heterocycles. The molecule has 0 saturated carbocycles. The molecule has 0 aliphatic heterocycles. The Bertz CT molecular complexity index is 337. The third kappa shape index (κ3) is 2.42. The topological polar surface area (TPSA) is 43.1 Å². The quantitative estimate of drug-likeness (QED) is 0.844. The lowest BCUT2D eigenvalue weighted by molar-refractivity contribution is 0.0984. The molecule has 0 aliphatic carbocycles. The average Bonchev–Trinajstić information content (AvgIpc) is 2.01. The molecule has 14 heavy (non-hydrogen) atoms. The zero-order valence-corrected chi connectivity index (χ0v) is 10.0. The molecule has 0 amide bonds. The van der Waals surface area contributed by atoms with Gasteiger partial charge in [0.25, 0.3) is 0 Å². The van der Waals surface area contributed by atoms with E-state index in [9.17, 15) is 4.79 Å². The number of halogens is 1. The summed E-state index contributed by atoms with van der Waals surface area (Å²) >= 11 is 3.41. The van der Waals surface area contributed by atoms with Crippen LogP contribution in [0.5, 0.6) is 0 Å². The second-order valence-corrected chi connectivity index (χ2v) is 4.25. The van der Waals surface area contributed by atoms with Gasteiger partial charge < -0.3 is 5.73 Å². The van der Waals surface area contributed by atoms with Crippen molar-refractivity contribution in [3.05, 3.63) is 33.3 Å². The number of hydrogen-bond donors (Lipinski definition) is 1. The van der Waals surface area contributed by atoms with E-state index in [1.807, 2.05) is 26.0 Å². The summed E-state index contributed by atoms with van der Waals surface area (Å²) < 4.78 is 0.869. The largest absolute Gasteiger partial charge is 0.330 e. The highest BCUT2D eigenvalue weighted by Gasteiger charge is 2.12. The van der Waals surface area contributed by atoms with Crippen molar-refractivity contribution in [2.24, 2.45) is 5.73 Å². The molecule has 0 fully saturated rings. The predicted molar refractivity (Wildman–Crippen MR) is 61.6 cm³/mol. The zero-order chi connectivity index (χ0) is 10.7. The summed E-state index contributed by atoms with van der Waals surface area (Å²) in [6, 6.07) is 3.96. The van der Waals surface area contributed by atoms with E-state index in [2.05, 4.69) is 15.9 Å². The van der Waals surface area contributed by atoms with Crippen LogP contribution in [0.2, 0.25) is 0 Å². The van der Waals surface area contributed by atoms with E-state index in [1.165, 1.54) is 0 Å². The van der Waals surface area contributed by atoms with Crippen molar-refractivity contribution in [3.8, 4) is 0 Å². The molecule has 0 radical (unpaired) electrons. The minimum atomic E-state index is 0.108. The van der Waals surface area contributed by atoms with Crippen molar-refractivity contribution in [2.75, 3.05) is 6.54 Å². The van der Waals surface area contributed by atoms with Crippen LogP contribution in [0.3, 0.4) is 0 Å². The molecule has 0 aromatic heterocycles. The summed E-state index contributed by atoms with van der Waals surface area (Å²) in [6.07, 6.45) is 0.405. The minimum Gasteiger partial charge on any atom is -0.330 e. The molecule has 1 aromatic carbocycles. The lowest BCUT2D eigenvalue weighted by Crippen LogP contribution is -2.10. The van der Waals surface area contributed by atoms with Gasteiger partial charge in [-0.3, -0.25) is 4.79 Å². The maximum absolute atomic E-state index is 11.7. The molecule has 76 valence electrons. The van der Waals surface area contributed by atoms with Crippen LogP contribution in [0, 0.1) is 13.8 Å². The van der Waals surface area contributed by atoms with Crippen LogP contribution in [0.4, 0.5) is 0 Å². The maximum atomic E-state index is 11.7. The number of carbonyl (C=O) groups excluding carboxylic acids is 1. The second-order valence-electron chi connectivity index (χ2n) is 3.40. The average molecular weight is 256 g/mol. The Morgan fingerprint density at radius 2 is 2.07 bits per heavy atom. The SMILES string of the molecule is Cc1cc(C)c(C(=O)CCN)c(Br)c1. The van der Waals surface area contributed by atoms with Gasteiger partial charge >= 0.3 is 0 Å². The van der Waals surface area contributed by atoms with Gasteiger partial charge in [-0.2, -0.15) is 0 Å². The highest BCUT2D eigenvalue weighted by molar-refractivity contribution is 9.10. The van der Waals surface area contributed by atoms with Gasteiger partial charge in [-0.05, 0) is 37.6 Å². The van der Waals surface area contributed by atoms with Gasteiger partial charge in [0.15, 0.2) is 5.78 Å². The number of hydrogen-bond acceptors (Lipinski definition) is 2. The molecule has 2 nitrogen and oxygen atoms in total. The monoisotopic (exact) mass is 255 g/mol. The first-order valence-corrected chi connectivity index (χ1v) is 5.35. The van der Waals surface area contributed by atoms with Crippen LogP contribution in [0.1, 0.15) is 27.9 Å². The summed E-state index contributed by atoms with van der Waals surface area (Å²) in [5.41, 5.74) is 8.29. The number of Topliss-reactive ketones (excluding diaryl/α,β-unsaturated/α-hetero) is 1. The molecular formula is C11H14BrNO.